The summed E-state index contributed by atoms with van der Waals surface area (Å²) in [7, 11) is 0. The zero-order valence-corrected chi connectivity index (χ0v) is 16.2. The Balaban J connectivity index is 1.48. The molecule has 1 aromatic carbocycles. The minimum atomic E-state index is -0.716. The third-order valence-electron chi connectivity index (χ3n) is 5.05. The Hall–Kier alpha value is -2.25. The molecular formula is C20H29N5O2. The molecule has 3 aliphatic heterocycles. The summed E-state index contributed by atoms with van der Waals surface area (Å²) in [6.45, 7) is 8.53. The van der Waals surface area contributed by atoms with Crippen LogP contribution in [0.5, 0.6) is 11.5 Å². The lowest BCUT2D eigenvalue weighted by molar-refractivity contribution is 0.229. The zero-order chi connectivity index (χ0) is 18.9. The van der Waals surface area contributed by atoms with Gasteiger partial charge in [0.05, 0.1) is 6.61 Å². The van der Waals surface area contributed by atoms with Crippen molar-refractivity contribution in [2.45, 2.75) is 38.8 Å². The van der Waals surface area contributed by atoms with Gasteiger partial charge in [-0.2, -0.15) is 0 Å². The second-order valence-electron chi connectivity index (χ2n) is 7.72. The Morgan fingerprint density at radius 2 is 2.19 bits per heavy atom. The molecule has 146 valence electrons. The van der Waals surface area contributed by atoms with Gasteiger partial charge in [0, 0.05) is 36.0 Å². The average Bonchev–Trinajstić information content (AvgIpc) is 3.24. The number of hydrogen-bond donors (Lipinski definition) is 3. The summed E-state index contributed by atoms with van der Waals surface area (Å²) < 4.78 is 11.9. The van der Waals surface area contributed by atoms with Crippen LogP contribution in [0.1, 0.15) is 32.3 Å². The molecule has 3 heterocycles. The molecular weight excluding hydrogens is 342 g/mol. The number of nitrogens with two attached hydrogens (primary N) is 1. The second kappa shape index (κ2) is 7.40. The van der Waals surface area contributed by atoms with Crippen LogP contribution in [0.15, 0.2) is 28.9 Å². The molecule has 1 aromatic rings. The molecule has 1 atom stereocenters. The maximum atomic E-state index is 6.16. The highest BCUT2D eigenvalue weighted by Gasteiger charge is 2.23. The van der Waals surface area contributed by atoms with Gasteiger partial charge in [0.25, 0.3) is 0 Å². The Labute approximate surface area is 160 Å². The van der Waals surface area contributed by atoms with Crippen LogP contribution in [0.3, 0.4) is 0 Å². The first-order valence-corrected chi connectivity index (χ1v) is 9.76. The molecule has 0 spiro atoms. The minimum absolute atomic E-state index is 0.641. The van der Waals surface area contributed by atoms with Crippen LogP contribution in [-0.2, 0) is 6.42 Å². The highest BCUT2D eigenvalue weighted by molar-refractivity contribution is 5.96. The molecule has 7 heteroatoms. The molecule has 1 saturated heterocycles. The maximum Gasteiger partial charge on any atom is 0.202 e. The van der Waals surface area contributed by atoms with Gasteiger partial charge < -0.3 is 25.8 Å². The van der Waals surface area contributed by atoms with Crippen LogP contribution in [-0.4, -0.2) is 49.4 Å². The van der Waals surface area contributed by atoms with Gasteiger partial charge in [0.15, 0.2) is 11.5 Å². The monoisotopic (exact) mass is 371 g/mol. The van der Waals surface area contributed by atoms with Crippen molar-refractivity contribution in [1.29, 1.82) is 0 Å². The standard InChI is InChI=1S/C20H29N5O2/c1-14-13-20(2,21)24-19(22-14)23-16-11-15-5-9-27-18(15)17(12-16)26-10-8-25-6-3-4-7-25/h11-13H,3-10,21H2,1-2H3,(H2,22,23,24). The number of benzene rings is 1. The molecule has 0 aromatic heterocycles. The van der Waals surface area contributed by atoms with Crippen LogP contribution in [0, 0.1) is 0 Å². The van der Waals surface area contributed by atoms with E-state index in [4.69, 9.17) is 15.2 Å². The number of nitrogens with zero attached hydrogens (tertiary/aromatic N) is 2. The summed E-state index contributed by atoms with van der Waals surface area (Å²) in [4.78, 5) is 6.96. The molecule has 1 unspecified atom stereocenters. The van der Waals surface area contributed by atoms with Crippen LogP contribution < -0.4 is 25.8 Å². The van der Waals surface area contributed by atoms with Crippen molar-refractivity contribution in [2.75, 3.05) is 38.2 Å². The number of allylic oxidation sites excluding steroid dienone is 1. The largest absolute Gasteiger partial charge is 0.489 e. The predicted molar refractivity (Wildman–Crippen MR) is 107 cm³/mol. The van der Waals surface area contributed by atoms with E-state index in [1.54, 1.807) is 0 Å². The number of ether oxygens (including phenoxy) is 2. The van der Waals surface area contributed by atoms with Gasteiger partial charge in [-0.1, -0.05) is 0 Å². The number of guanidine groups is 1. The molecule has 0 bridgehead atoms. The van der Waals surface area contributed by atoms with Gasteiger partial charge in [-0.15, -0.1) is 0 Å². The van der Waals surface area contributed by atoms with E-state index >= 15 is 0 Å². The van der Waals surface area contributed by atoms with Gasteiger partial charge in [-0.05, 0) is 51.9 Å². The molecule has 4 rings (SSSR count). The molecule has 3 aliphatic rings. The van der Waals surface area contributed by atoms with Crippen molar-refractivity contribution in [3.63, 3.8) is 0 Å². The highest BCUT2D eigenvalue weighted by atomic mass is 16.5. The quantitative estimate of drug-likeness (QED) is 0.735. The fourth-order valence-corrected chi connectivity index (χ4v) is 3.90. The molecule has 7 nitrogen and oxygen atoms in total. The van der Waals surface area contributed by atoms with E-state index in [9.17, 15) is 0 Å². The predicted octanol–water partition coefficient (Wildman–Crippen LogP) is 2.05. The van der Waals surface area contributed by atoms with Crippen LogP contribution >= 0.6 is 0 Å². The molecule has 0 radical (unpaired) electrons. The van der Waals surface area contributed by atoms with Crippen molar-refractivity contribution >= 4 is 11.6 Å². The van der Waals surface area contributed by atoms with Gasteiger partial charge in [0.2, 0.25) is 5.96 Å². The highest BCUT2D eigenvalue weighted by Crippen LogP contribution is 2.38. The third-order valence-corrected chi connectivity index (χ3v) is 5.05. The summed E-state index contributed by atoms with van der Waals surface area (Å²) in [5, 5.41) is 6.57. The van der Waals surface area contributed by atoms with E-state index in [1.807, 2.05) is 26.0 Å². The third kappa shape index (κ3) is 4.36. The summed E-state index contributed by atoms with van der Waals surface area (Å²) in [6.07, 6.45) is 5.38. The summed E-state index contributed by atoms with van der Waals surface area (Å²) >= 11 is 0. The topological polar surface area (TPSA) is 84.1 Å². The van der Waals surface area contributed by atoms with Gasteiger partial charge in [-0.25, -0.2) is 4.99 Å². The van der Waals surface area contributed by atoms with Crippen molar-refractivity contribution < 1.29 is 9.47 Å². The van der Waals surface area contributed by atoms with E-state index < -0.39 is 5.66 Å². The van der Waals surface area contributed by atoms with Crippen molar-refractivity contribution in [3.8, 4) is 11.5 Å². The van der Waals surface area contributed by atoms with Crippen molar-refractivity contribution in [1.82, 2.24) is 10.2 Å². The number of fused-ring (bicyclic) bond motifs is 1. The lowest BCUT2D eigenvalue weighted by Crippen LogP contribution is -2.43. The number of nitrogens with one attached hydrogen (secondary N) is 2. The van der Waals surface area contributed by atoms with Gasteiger partial charge >= 0.3 is 0 Å². The fourth-order valence-electron chi connectivity index (χ4n) is 3.90. The molecule has 4 N–H and O–H groups in total. The Bertz CT molecular complexity index is 766. The SMILES string of the molecule is CC1=CC(C)(N)N=C(Nc2cc3c(c(OCCN4CCCC4)c2)OCC3)N1. The number of likely N-dealkylation sites (tertiary alicyclic amines) is 1. The number of rotatable bonds is 5. The number of hydrogen-bond acceptors (Lipinski definition) is 7. The van der Waals surface area contributed by atoms with E-state index in [0.29, 0.717) is 19.2 Å². The van der Waals surface area contributed by atoms with Crippen LogP contribution in [0.4, 0.5) is 5.69 Å². The summed E-state index contributed by atoms with van der Waals surface area (Å²) in [5.74, 6) is 2.31. The lowest BCUT2D eigenvalue weighted by Gasteiger charge is -2.26. The van der Waals surface area contributed by atoms with Gasteiger partial charge in [-0.3, -0.25) is 4.90 Å². The van der Waals surface area contributed by atoms with Crippen molar-refractivity contribution in [2.24, 2.45) is 10.7 Å². The Morgan fingerprint density at radius 1 is 1.37 bits per heavy atom. The van der Waals surface area contributed by atoms with Crippen molar-refractivity contribution in [3.05, 3.63) is 29.5 Å². The smallest absolute Gasteiger partial charge is 0.202 e. The second-order valence-corrected chi connectivity index (χ2v) is 7.72. The zero-order valence-electron chi connectivity index (χ0n) is 16.2. The first-order valence-electron chi connectivity index (χ1n) is 9.76. The van der Waals surface area contributed by atoms with E-state index in [1.165, 1.54) is 25.9 Å². The molecule has 1 fully saturated rings. The fraction of sp³-hybridized carbons (Fsp3) is 0.550. The van der Waals surface area contributed by atoms with E-state index in [0.717, 1.165) is 41.4 Å². The van der Waals surface area contributed by atoms with Gasteiger partial charge in [0.1, 0.15) is 12.3 Å². The summed E-state index contributed by atoms with van der Waals surface area (Å²) in [5.41, 5.74) is 8.51. The summed E-state index contributed by atoms with van der Waals surface area (Å²) in [6, 6.07) is 4.08. The minimum Gasteiger partial charge on any atom is -0.489 e. The first kappa shape index (κ1) is 18.1. The molecule has 0 saturated carbocycles. The Kier molecular flexibility index (Phi) is 4.97. The molecule has 27 heavy (non-hydrogen) atoms. The van der Waals surface area contributed by atoms with Crippen LogP contribution in [0.25, 0.3) is 0 Å². The normalized spacial score (nSPS) is 24.6. The molecule has 0 amide bonds. The van der Waals surface area contributed by atoms with E-state index in [-0.39, 0.29) is 0 Å². The maximum absolute atomic E-state index is 6.16. The number of anilines is 1. The lowest BCUT2D eigenvalue weighted by atomic mass is 10.1. The van der Waals surface area contributed by atoms with E-state index in [2.05, 4.69) is 26.6 Å². The number of aliphatic imine (C=N–C) groups is 1. The first-order chi connectivity index (χ1) is 13.0. The molecule has 0 aliphatic carbocycles. The average molecular weight is 371 g/mol. The van der Waals surface area contributed by atoms with Crippen LogP contribution in [0.2, 0.25) is 0 Å². The Morgan fingerprint density at radius 3 is 2.96 bits per heavy atom.